The second-order valence-electron chi connectivity index (χ2n) is 7.35. The van der Waals surface area contributed by atoms with Crippen LogP contribution >= 0.6 is 11.8 Å². The van der Waals surface area contributed by atoms with Crippen molar-refractivity contribution in [3.05, 3.63) is 0 Å². The lowest BCUT2D eigenvalue weighted by atomic mass is 10.1. The number of esters is 1. The zero-order chi connectivity index (χ0) is 21.3. The van der Waals surface area contributed by atoms with Crippen molar-refractivity contribution in [1.29, 1.82) is 0 Å². The molecule has 5 nitrogen and oxygen atoms in total. The van der Waals surface area contributed by atoms with E-state index in [0.717, 1.165) is 31.1 Å². The van der Waals surface area contributed by atoms with E-state index in [1.165, 1.54) is 25.7 Å². The van der Waals surface area contributed by atoms with E-state index in [9.17, 15) is 4.79 Å². The molecule has 0 aliphatic rings. The van der Waals surface area contributed by atoms with Gasteiger partial charge in [0.1, 0.15) is 4.75 Å². The van der Waals surface area contributed by atoms with Crippen molar-refractivity contribution in [2.75, 3.05) is 32.2 Å². The Morgan fingerprint density at radius 3 is 1.89 bits per heavy atom. The predicted molar refractivity (Wildman–Crippen MR) is 121 cm³/mol. The Labute approximate surface area is 179 Å². The average molecular weight is 437 g/mol. The fraction of sp³-hybridized carbons (Fsp3) is 0.952. The van der Waals surface area contributed by atoms with Crippen LogP contribution in [0.2, 0.25) is 6.04 Å². The van der Waals surface area contributed by atoms with E-state index < -0.39 is 13.6 Å². The first-order valence-electron chi connectivity index (χ1n) is 11.1. The van der Waals surface area contributed by atoms with E-state index in [0.29, 0.717) is 26.4 Å². The fourth-order valence-corrected chi connectivity index (χ4v) is 6.74. The summed E-state index contributed by atoms with van der Waals surface area (Å²) in [6, 6.07) is 0.776. The Kier molecular flexibility index (Phi) is 16.6. The summed E-state index contributed by atoms with van der Waals surface area (Å²) in [6.45, 7) is 14.3. The van der Waals surface area contributed by atoms with Crippen molar-refractivity contribution >= 4 is 26.5 Å². The summed E-state index contributed by atoms with van der Waals surface area (Å²) in [5.74, 6) is 0.732. The van der Waals surface area contributed by atoms with Gasteiger partial charge in [0, 0.05) is 25.9 Å². The topological polar surface area (TPSA) is 54.0 Å². The largest absolute Gasteiger partial charge is 0.500 e. The van der Waals surface area contributed by atoms with E-state index in [-0.39, 0.29) is 5.97 Å². The van der Waals surface area contributed by atoms with Gasteiger partial charge in [0.15, 0.2) is 0 Å². The van der Waals surface area contributed by atoms with Crippen LogP contribution in [0.3, 0.4) is 0 Å². The molecule has 168 valence electrons. The highest BCUT2D eigenvalue weighted by Crippen LogP contribution is 2.29. The molecule has 0 rings (SSSR count). The Balaban J connectivity index is 4.19. The summed E-state index contributed by atoms with van der Waals surface area (Å²) in [5.41, 5.74) is 0. The molecule has 0 aromatic carbocycles. The normalized spacial score (nSPS) is 12.4. The molecule has 0 aliphatic carbocycles. The van der Waals surface area contributed by atoms with E-state index in [4.69, 9.17) is 18.0 Å². The van der Waals surface area contributed by atoms with Gasteiger partial charge >= 0.3 is 14.8 Å². The molecule has 0 saturated carbocycles. The zero-order valence-corrected chi connectivity index (χ0v) is 21.0. The first-order chi connectivity index (χ1) is 13.4. The first-order valence-corrected chi connectivity index (χ1v) is 14.0. The lowest BCUT2D eigenvalue weighted by Gasteiger charge is -2.29. The highest BCUT2D eigenvalue weighted by Gasteiger charge is 2.40. The molecule has 0 aliphatic heterocycles. The maximum atomic E-state index is 12.4. The van der Waals surface area contributed by atoms with Crippen LogP contribution in [0.15, 0.2) is 0 Å². The van der Waals surface area contributed by atoms with E-state index in [1.54, 1.807) is 11.8 Å². The maximum absolute atomic E-state index is 12.4. The maximum Gasteiger partial charge on any atom is 0.500 e. The number of thioether (sulfide) groups is 1. The molecule has 0 N–H and O–H groups in total. The van der Waals surface area contributed by atoms with E-state index in [1.807, 2.05) is 34.6 Å². The lowest BCUT2D eigenvalue weighted by molar-refractivity contribution is -0.145. The van der Waals surface area contributed by atoms with Crippen molar-refractivity contribution in [2.45, 2.75) is 97.3 Å². The third-order valence-corrected chi connectivity index (χ3v) is 8.94. The second-order valence-corrected chi connectivity index (χ2v) is 11.8. The van der Waals surface area contributed by atoms with Gasteiger partial charge in [-0.05, 0) is 53.2 Å². The Bertz CT molecular complexity index is 376. The van der Waals surface area contributed by atoms with Gasteiger partial charge in [0.2, 0.25) is 0 Å². The molecule has 0 heterocycles. The zero-order valence-electron chi connectivity index (χ0n) is 19.1. The number of unbranched alkanes of at least 4 members (excludes halogenated alkanes) is 5. The molecule has 0 aromatic heterocycles. The van der Waals surface area contributed by atoms with Crippen molar-refractivity contribution in [1.82, 2.24) is 0 Å². The van der Waals surface area contributed by atoms with Gasteiger partial charge < -0.3 is 18.0 Å². The van der Waals surface area contributed by atoms with Crippen LogP contribution in [0.25, 0.3) is 0 Å². The summed E-state index contributed by atoms with van der Waals surface area (Å²) in [6.07, 6.45) is 8.05. The Morgan fingerprint density at radius 1 is 0.821 bits per heavy atom. The van der Waals surface area contributed by atoms with Crippen LogP contribution < -0.4 is 0 Å². The molecule has 0 amide bonds. The third-order valence-electron chi connectivity index (χ3n) is 4.41. The van der Waals surface area contributed by atoms with Crippen LogP contribution in [0.4, 0.5) is 0 Å². The van der Waals surface area contributed by atoms with Crippen LogP contribution in [0, 0.1) is 0 Å². The molecule has 0 radical (unpaired) electrons. The summed E-state index contributed by atoms with van der Waals surface area (Å²) < 4.78 is 22.6. The molecule has 0 unspecified atom stereocenters. The van der Waals surface area contributed by atoms with Gasteiger partial charge in [-0.15, -0.1) is 11.8 Å². The smallest absolute Gasteiger partial charge is 0.465 e. The van der Waals surface area contributed by atoms with E-state index >= 15 is 0 Å². The molecule has 0 bridgehead atoms. The summed E-state index contributed by atoms with van der Waals surface area (Å²) in [5, 5.41) is 0. The summed E-state index contributed by atoms with van der Waals surface area (Å²) in [7, 11) is -2.59. The highest BCUT2D eigenvalue weighted by atomic mass is 32.2. The summed E-state index contributed by atoms with van der Waals surface area (Å²) in [4.78, 5) is 12.4. The number of hydrogen-bond donors (Lipinski definition) is 0. The van der Waals surface area contributed by atoms with Crippen LogP contribution in [-0.2, 0) is 22.8 Å². The number of hydrogen-bond acceptors (Lipinski definition) is 6. The number of carbonyl (C=O) groups is 1. The van der Waals surface area contributed by atoms with Crippen LogP contribution in [0.5, 0.6) is 0 Å². The molecule has 0 spiro atoms. The Hall–Kier alpha value is -0.0831. The molecular weight excluding hydrogens is 392 g/mol. The number of ether oxygens (including phenoxy) is 1. The van der Waals surface area contributed by atoms with Gasteiger partial charge in [-0.1, -0.05) is 39.0 Å². The van der Waals surface area contributed by atoms with Crippen molar-refractivity contribution < 1.29 is 22.8 Å². The third kappa shape index (κ3) is 12.5. The molecule has 7 heteroatoms. The van der Waals surface area contributed by atoms with Gasteiger partial charge in [-0.25, -0.2) is 0 Å². The van der Waals surface area contributed by atoms with Gasteiger partial charge in [0.05, 0.1) is 6.61 Å². The molecule has 0 saturated heterocycles. The second kappa shape index (κ2) is 16.7. The summed E-state index contributed by atoms with van der Waals surface area (Å²) >= 11 is 1.64. The molecular formula is C21H44O5SSi. The fourth-order valence-electron chi connectivity index (χ4n) is 2.90. The number of rotatable bonds is 19. The van der Waals surface area contributed by atoms with Crippen molar-refractivity contribution in [3.63, 3.8) is 0 Å². The van der Waals surface area contributed by atoms with Gasteiger partial charge in [0.25, 0.3) is 0 Å². The van der Waals surface area contributed by atoms with Crippen molar-refractivity contribution in [3.8, 4) is 0 Å². The standard InChI is InChI=1S/C21H44O5SSi/c1-7-11-12-13-14-15-17-23-20(22)21(5,6)27-18-16-19-28(24-8-2,25-9-3)26-10-4/h7-19H2,1-6H3. The SMILES string of the molecule is CCCCCCCCOC(=O)C(C)(C)SCCC[Si](OCC)(OCC)OCC. The minimum atomic E-state index is -2.59. The number of carbonyl (C=O) groups excluding carboxylic acids is 1. The molecule has 0 atom stereocenters. The monoisotopic (exact) mass is 436 g/mol. The average Bonchev–Trinajstić information content (AvgIpc) is 2.65. The minimum Gasteiger partial charge on any atom is -0.465 e. The lowest BCUT2D eigenvalue weighted by Crippen LogP contribution is -2.46. The van der Waals surface area contributed by atoms with Crippen LogP contribution in [0.1, 0.15) is 86.5 Å². The van der Waals surface area contributed by atoms with E-state index in [2.05, 4.69) is 6.92 Å². The quantitative estimate of drug-likeness (QED) is 0.144. The highest BCUT2D eigenvalue weighted by molar-refractivity contribution is 8.01. The van der Waals surface area contributed by atoms with Gasteiger partial charge in [-0.3, -0.25) is 4.79 Å². The van der Waals surface area contributed by atoms with Crippen molar-refractivity contribution in [2.24, 2.45) is 0 Å². The molecule has 28 heavy (non-hydrogen) atoms. The Morgan fingerprint density at radius 2 is 1.36 bits per heavy atom. The van der Waals surface area contributed by atoms with Crippen LogP contribution in [-0.4, -0.2) is 51.7 Å². The minimum absolute atomic E-state index is 0.117. The van der Waals surface area contributed by atoms with Gasteiger partial charge in [-0.2, -0.15) is 0 Å². The first kappa shape index (κ1) is 27.9. The molecule has 0 aromatic rings. The predicted octanol–water partition coefficient (Wildman–Crippen LogP) is 5.84. The molecule has 0 fully saturated rings.